The maximum atomic E-state index is 13.3. The average molecular weight is 469 g/mol. The number of nitrogens with zero attached hydrogens (tertiary/aromatic N) is 1. The molecule has 2 unspecified atom stereocenters. The van der Waals surface area contributed by atoms with Crippen LogP contribution in [0.15, 0.2) is 85.0 Å². The Kier molecular flexibility index (Phi) is 5.91. The minimum absolute atomic E-state index is 0.105. The van der Waals surface area contributed by atoms with Crippen molar-refractivity contribution in [1.82, 2.24) is 10.2 Å². The van der Waals surface area contributed by atoms with Gasteiger partial charge in [-0.25, -0.2) is 4.39 Å². The summed E-state index contributed by atoms with van der Waals surface area (Å²) < 4.78 is 13.3. The van der Waals surface area contributed by atoms with Crippen molar-refractivity contribution in [3.63, 3.8) is 0 Å². The van der Waals surface area contributed by atoms with Crippen LogP contribution in [0.25, 0.3) is 10.8 Å². The first-order valence-electron chi connectivity index (χ1n) is 11.7. The van der Waals surface area contributed by atoms with Crippen LogP contribution in [-0.4, -0.2) is 41.1 Å². The number of amides is 2. The maximum Gasteiger partial charge on any atom is 0.261 e. The highest BCUT2D eigenvalue weighted by Gasteiger charge is 2.37. The molecule has 0 fully saturated rings. The zero-order valence-corrected chi connectivity index (χ0v) is 19.3. The predicted molar refractivity (Wildman–Crippen MR) is 133 cm³/mol. The molecule has 2 amide bonds. The van der Waals surface area contributed by atoms with E-state index in [1.165, 1.54) is 29.2 Å². The van der Waals surface area contributed by atoms with Gasteiger partial charge in [-0.05, 0) is 61.7 Å². The first-order chi connectivity index (χ1) is 16.9. The highest BCUT2D eigenvalue weighted by molar-refractivity contribution is 6.25. The van der Waals surface area contributed by atoms with Gasteiger partial charge in [0.1, 0.15) is 5.82 Å². The number of carbonyl (C=O) groups excluding carboxylic acids is 3. The lowest BCUT2D eigenvalue weighted by Crippen LogP contribution is -2.51. The summed E-state index contributed by atoms with van der Waals surface area (Å²) in [6.07, 6.45) is 8.02. The number of imide groups is 1. The Bertz CT molecular complexity index is 1340. The first kappa shape index (κ1) is 22.9. The number of hydrogen-bond donors (Lipinski definition) is 1. The van der Waals surface area contributed by atoms with Gasteiger partial charge in [0.15, 0.2) is 5.78 Å². The molecule has 3 aromatic carbocycles. The molecule has 5 nitrogen and oxygen atoms in total. The van der Waals surface area contributed by atoms with Gasteiger partial charge in [0, 0.05) is 34.2 Å². The molecule has 2 aliphatic rings. The number of benzene rings is 3. The van der Waals surface area contributed by atoms with Crippen molar-refractivity contribution in [3.8, 4) is 0 Å². The van der Waals surface area contributed by atoms with Gasteiger partial charge in [0.05, 0.1) is 5.92 Å². The lowest BCUT2D eigenvalue weighted by Gasteiger charge is -2.36. The van der Waals surface area contributed by atoms with E-state index in [4.69, 9.17) is 0 Å². The molecule has 0 saturated heterocycles. The van der Waals surface area contributed by atoms with E-state index >= 15 is 0 Å². The van der Waals surface area contributed by atoms with Crippen molar-refractivity contribution in [3.05, 3.63) is 107 Å². The van der Waals surface area contributed by atoms with Crippen LogP contribution in [0.1, 0.15) is 44.4 Å². The van der Waals surface area contributed by atoms with Crippen molar-refractivity contribution in [1.29, 1.82) is 0 Å². The summed E-state index contributed by atoms with van der Waals surface area (Å²) in [6, 6.07) is 16.5. The normalized spacial score (nSPS) is 21.1. The van der Waals surface area contributed by atoms with Crippen LogP contribution < -0.4 is 5.32 Å². The second kappa shape index (κ2) is 9.04. The van der Waals surface area contributed by atoms with Crippen LogP contribution in [-0.2, 0) is 0 Å². The number of Topliss-reactive ketones (excluding diaryl/α,β-unsaturated/α-hetero) is 1. The number of ketones is 1. The molecule has 5 rings (SSSR count). The molecule has 1 N–H and O–H groups in total. The number of carbonyl (C=O) groups is 3. The van der Waals surface area contributed by atoms with Gasteiger partial charge in [-0.3, -0.25) is 19.3 Å². The molecule has 0 saturated carbocycles. The van der Waals surface area contributed by atoms with Crippen molar-refractivity contribution >= 4 is 28.4 Å². The van der Waals surface area contributed by atoms with Gasteiger partial charge in [0.2, 0.25) is 0 Å². The molecule has 35 heavy (non-hydrogen) atoms. The summed E-state index contributed by atoms with van der Waals surface area (Å²) >= 11 is 0. The summed E-state index contributed by atoms with van der Waals surface area (Å²) in [6.45, 7) is 2.69. The molecule has 0 bridgehead atoms. The average Bonchev–Trinajstić information content (AvgIpc) is 2.87. The molecular weight excluding hydrogens is 443 g/mol. The number of rotatable bonds is 7. The topological polar surface area (TPSA) is 66.5 Å². The fourth-order valence-corrected chi connectivity index (χ4v) is 4.94. The summed E-state index contributed by atoms with van der Waals surface area (Å²) in [5, 5.41) is 5.03. The van der Waals surface area contributed by atoms with Gasteiger partial charge < -0.3 is 5.32 Å². The molecule has 0 aromatic heterocycles. The van der Waals surface area contributed by atoms with E-state index in [0.29, 0.717) is 35.0 Å². The lowest BCUT2D eigenvalue weighted by atomic mass is 9.77. The van der Waals surface area contributed by atoms with Crippen molar-refractivity contribution in [2.45, 2.75) is 18.9 Å². The van der Waals surface area contributed by atoms with E-state index < -0.39 is 11.5 Å². The second-order valence-corrected chi connectivity index (χ2v) is 9.13. The molecular formula is C29H25FN2O3. The van der Waals surface area contributed by atoms with Crippen LogP contribution >= 0.6 is 0 Å². The molecule has 0 spiro atoms. The Hall–Kier alpha value is -3.90. The third-order valence-electron chi connectivity index (χ3n) is 6.83. The number of hydrogen-bond acceptors (Lipinski definition) is 4. The Morgan fingerprint density at radius 1 is 0.971 bits per heavy atom. The SMILES string of the molecule is CC1(NCCCN2C(=O)c3cccc4cccc(c34)C2=O)C=CC=CC1C(=O)c1ccc(F)cc1. The molecule has 176 valence electrons. The fourth-order valence-electron chi connectivity index (χ4n) is 4.94. The standard InChI is InChI=1S/C29H25FN2O3/c1-29(16-3-2-11-24(29)26(33)20-12-14-21(30)15-13-20)31-17-6-18-32-27(34)22-9-4-7-19-8-5-10-23(25(19)22)28(32)35/h2-5,7-16,24,31H,6,17-18H2,1H3. The van der Waals surface area contributed by atoms with Gasteiger partial charge in [0.25, 0.3) is 11.8 Å². The summed E-state index contributed by atoms with van der Waals surface area (Å²) in [5.41, 5.74) is 0.876. The minimum Gasteiger partial charge on any atom is -0.307 e. The van der Waals surface area contributed by atoms with E-state index in [9.17, 15) is 18.8 Å². The highest BCUT2D eigenvalue weighted by atomic mass is 19.1. The minimum atomic E-state index is -0.658. The molecule has 1 aliphatic carbocycles. The van der Waals surface area contributed by atoms with E-state index in [-0.39, 0.29) is 30.0 Å². The van der Waals surface area contributed by atoms with Crippen LogP contribution in [0, 0.1) is 11.7 Å². The fraction of sp³-hybridized carbons (Fsp3) is 0.207. The Labute approximate surface area is 202 Å². The second-order valence-electron chi connectivity index (χ2n) is 9.13. The van der Waals surface area contributed by atoms with Crippen LogP contribution in [0.4, 0.5) is 4.39 Å². The molecule has 0 radical (unpaired) electrons. The van der Waals surface area contributed by atoms with Gasteiger partial charge in [-0.15, -0.1) is 0 Å². The Balaban J connectivity index is 1.26. The van der Waals surface area contributed by atoms with E-state index in [0.717, 1.165) is 5.39 Å². The van der Waals surface area contributed by atoms with Gasteiger partial charge in [-0.2, -0.15) is 0 Å². The van der Waals surface area contributed by atoms with E-state index in [1.807, 2.05) is 55.5 Å². The quantitative estimate of drug-likeness (QED) is 0.303. The number of nitrogens with one attached hydrogen (secondary N) is 1. The Morgan fingerprint density at radius 2 is 1.63 bits per heavy atom. The molecule has 2 atom stereocenters. The third kappa shape index (κ3) is 4.10. The van der Waals surface area contributed by atoms with Crippen LogP contribution in [0.5, 0.6) is 0 Å². The Morgan fingerprint density at radius 3 is 2.29 bits per heavy atom. The maximum absolute atomic E-state index is 13.3. The van der Waals surface area contributed by atoms with E-state index in [1.54, 1.807) is 12.1 Å². The molecule has 1 heterocycles. The lowest BCUT2D eigenvalue weighted by molar-refractivity contribution is 0.0608. The van der Waals surface area contributed by atoms with Crippen molar-refractivity contribution in [2.75, 3.05) is 13.1 Å². The highest BCUT2D eigenvalue weighted by Crippen LogP contribution is 2.31. The zero-order valence-electron chi connectivity index (χ0n) is 19.3. The summed E-state index contributed by atoms with van der Waals surface area (Å²) in [5.74, 6) is -1.53. The van der Waals surface area contributed by atoms with Gasteiger partial charge in [-0.1, -0.05) is 48.6 Å². The van der Waals surface area contributed by atoms with Crippen molar-refractivity contribution in [2.24, 2.45) is 5.92 Å². The third-order valence-corrected chi connectivity index (χ3v) is 6.83. The van der Waals surface area contributed by atoms with E-state index in [2.05, 4.69) is 5.32 Å². The van der Waals surface area contributed by atoms with Crippen LogP contribution in [0.2, 0.25) is 0 Å². The number of allylic oxidation sites excluding steroid dienone is 2. The summed E-state index contributed by atoms with van der Waals surface area (Å²) in [7, 11) is 0. The summed E-state index contributed by atoms with van der Waals surface area (Å²) in [4.78, 5) is 40.6. The monoisotopic (exact) mass is 468 g/mol. The zero-order chi connectivity index (χ0) is 24.6. The van der Waals surface area contributed by atoms with Gasteiger partial charge >= 0.3 is 0 Å². The van der Waals surface area contributed by atoms with Crippen LogP contribution in [0.3, 0.4) is 0 Å². The largest absolute Gasteiger partial charge is 0.307 e. The smallest absolute Gasteiger partial charge is 0.261 e. The molecule has 1 aliphatic heterocycles. The first-order valence-corrected chi connectivity index (χ1v) is 11.7. The number of halogens is 1. The molecule has 6 heteroatoms. The van der Waals surface area contributed by atoms with Crippen molar-refractivity contribution < 1.29 is 18.8 Å². The molecule has 3 aromatic rings. The predicted octanol–water partition coefficient (Wildman–Crippen LogP) is 4.94.